The van der Waals surface area contributed by atoms with E-state index in [9.17, 15) is 13.2 Å². The molecule has 0 aliphatic heterocycles. The molecular weight excluding hydrogens is 180 g/mol. The molecule has 1 radical (unpaired) electrons. The molecule has 0 bridgehead atoms. The van der Waals surface area contributed by atoms with Crippen LogP contribution in [-0.2, 0) is 6.18 Å². The fourth-order valence-electron chi connectivity index (χ4n) is 0.997. The highest BCUT2D eigenvalue weighted by Crippen LogP contribution is 2.28. The van der Waals surface area contributed by atoms with E-state index in [0.29, 0.717) is 11.0 Å². The molecule has 0 saturated heterocycles. The van der Waals surface area contributed by atoms with E-state index in [1.165, 1.54) is 13.0 Å². The van der Waals surface area contributed by atoms with Crippen molar-refractivity contribution in [3.8, 4) is 0 Å². The van der Waals surface area contributed by atoms with Crippen molar-refractivity contribution in [3.63, 3.8) is 0 Å². The van der Waals surface area contributed by atoms with Gasteiger partial charge in [0.2, 0.25) is 0 Å². The van der Waals surface area contributed by atoms with Gasteiger partial charge in [-0.05, 0) is 13.0 Å². The Balaban J connectivity index is 3.10. The zero-order valence-electron chi connectivity index (χ0n) is 6.89. The Morgan fingerprint density at radius 2 is 1.92 bits per heavy atom. The lowest BCUT2D eigenvalue weighted by molar-refractivity contribution is -0.137. The van der Waals surface area contributed by atoms with Gasteiger partial charge < -0.3 is 5.02 Å². The average molecular weight is 187 g/mol. The van der Waals surface area contributed by atoms with Gasteiger partial charge >= 0.3 is 13.7 Å². The maximum absolute atomic E-state index is 12.1. The molecule has 1 N–H and O–H groups in total. The molecule has 1 rings (SSSR count). The van der Waals surface area contributed by atoms with Gasteiger partial charge in [0.1, 0.15) is 0 Å². The summed E-state index contributed by atoms with van der Waals surface area (Å²) in [7, 11) is 0.787. The Hall–Kier alpha value is -0.965. The van der Waals surface area contributed by atoms with Gasteiger partial charge in [-0.1, -0.05) is 23.2 Å². The fraction of sp³-hybridized carbons (Fsp3) is 0.250. The van der Waals surface area contributed by atoms with E-state index in [4.69, 9.17) is 5.02 Å². The van der Waals surface area contributed by atoms with Crippen LogP contribution in [0.4, 0.5) is 13.2 Å². The second kappa shape index (κ2) is 3.42. The Morgan fingerprint density at radius 3 is 2.31 bits per heavy atom. The lowest BCUT2D eigenvalue weighted by Gasteiger charge is -2.08. The maximum Gasteiger partial charge on any atom is 0.416 e. The van der Waals surface area contributed by atoms with E-state index >= 15 is 0 Å². The molecule has 0 amide bonds. The molecule has 0 heterocycles. The molecule has 0 spiro atoms. The lowest BCUT2D eigenvalue weighted by Crippen LogP contribution is -2.18. The van der Waals surface area contributed by atoms with E-state index in [0.717, 1.165) is 19.6 Å². The van der Waals surface area contributed by atoms with Gasteiger partial charge in [0.25, 0.3) is 0 Å². The van der Waals surface area contributed by atoms with Crippen LogP contribution in [0.2, 0.25) is 0 Å². The summed E-state index contributed by atoms with van der Waals surface area (Å²) < 4.78 is 36.4. The molecule has 1 nitrogen and oxygen atoms in total. The summed E-state index contributed by atoms with van der Waals surface area (Å²) in [5, 5.41) is 8.61. The summed E-state index contributed by atoms with van der Waals surface area (Å²) >= 11 is 0. The van der Waals surface area contributed by atoms with Crippen LogP contribution in [0, 0.1) is 6.92 Å². The molecule has 0 atom stereocenters. The first-order chi connectivity index (χ1) is 5.95. The van der Waals surface area contributed by atoms with E-state index < -0.39 is 11.7 Å². The van der Waals surface area contributed by atoms with Crippen molar-refractivity contribution in [3.05, 3.63) is 29.3 Å². The zero-order chi connectivity index (χ0) is 10.1. The summed E-state index contributed by atoms with van der Waals surface area (Å²) in [6.45, 7) is 1.51. The van der Waals surface area contributed by atoms with Crippen molar-refractivity contribution in [2.45, 2.75) is 13.1 Å². The summed E-state index contributed by atoms with van der Waals surface area (Å²) in [4.78, 5) is 0. The van der Waals surface area contributed by atoms with E-state index in [-0.39, 0.29) is 0 Å². The first kappa shape index (κ1) is 10.1. The van der Waals surface area contributed by atoms with Gasteiger partial charge in [0, 0.05) is 0 Å². The molecule has 0 saturated carbocycles. The van der Waals surface area contributed by atoms with Crippen molar-refractivity contribution < 1.29 is 18.2 Å². The van der Waals surface area contributed by atoms with E-state index in [2.05, 4.69) is 0 Å². The topological polar surface area (TPSA) is 20.2 Å². The number of halogens is 3. The smallest absolute Gasteiger partial charge is 0.416 e. The number of benzene rings is 1. The summed E-state index contributed by atoms with van der Waals surface area (Å²) in [5.74, 6) is 0. The SMILES string of the molecule is Cc1cc(C(F)(F)F)ccc1[B]O. The highest BCUT2D eigenvalue weighted by molar-refractivity contribution is 6.46. The normalized spacial score (nSPS) is 11.5. The number of hydrogen-bond acceptors (Lipinski definition) is 1. The van der Waals surface area contributed by atoms with Gasteiger partial charge in [-0.25, -0.2) is 0 Å². The van der Waals surface area contributed by atoms with Crippen molar-refractivity contribution >= 4 is 12.9 Å². The Labute approximate surface area is 74.5 Å². The summed E-state index contributed by atoms with van der Waals surface area (Å²) in [5.41, 5.74) is 0.0981. The molecule has 1 aromatic rings. The maximum atomic E-state index is 12.1. The van der Waals surface area contributed by atoms with Crippen LogP contribution in [0.25, 0.3) is 0 Å². The number of hydrogen-bond donors (Lipinski definition) is 1. The summed E-state index contributed by atoms with van der Waals surface area (Å²) in [6, 6.07) is 3.18. The minimum absolute atomic E-state index is 0.396. The highest BCUT2D eigenvalue weighted by atomic mass is 19.4. The molecule has 5 heteroatoms. The van der Waals surface area contributed by atoms with E-state index in [1.807, 2.05) is 0 Å². The molecule has 0 aliphatic rings. The van der Waals surface area contributed by atoms with Gasteiger partial charge in [-0.2, -0.15) is 13.2 Å². The molecule has 0 fully saturated rings. The average Bonchev–Trinajstić information content (AvgIpc) is 2.02. The lowest BCUT2D eigenvalue weighted by atomic mass is 9.84. The van der Waals surface area contributed by atoms with Gasteiger partial charge in [0.15, 0.2) is 0 Å². The molecule has 0 aromatic heterocycles. The van der Waals surface area contributed by atoms with E-state index in [1.54, 1.807) is 0 Å². The number of alkyl halides is 3. The van der Waals surface area contributed by atoms with Gasteiger partial charge in [0.05, 0.1) is 5.56 Å². The zero-order valence-corrected chi connectivity index (χ0v) is 6.89. The van der Waals surface area contributed by atoms with Crippen molar-refractivity contribution in [2.75, 3.05) is 0 Å². The van der Waals surface area contributed by atoms with Crippen LogP contribution < -0.4 is 5.46 Å². The molecule has 0 aliphatic carbocycles. The largest absolute Gasteiger partial charge is 0.450 e. The number of aryl methyl sites for hydroxylation is 1. The van der Waals surface area contributed by atoms with Crippen molar-refractivity contribution in [1.29, 1.82) is 0 Å². The van der Waals surface area contributed by atoms with Gasteiger partial charge in [-0.15, -0.1) is 0 Å². The predicted octanol–water partition coefficient (Wildman–Crippen LogP) is 1.25. The molecular formula is C8H7BF3O. The van der Waals surface area contributed by atoms with Crippen LogP contribution in [0.15, 0.2) is 18.2 Å². The fourth-order valence-corrected chi connectivity index (χ4v) is 0.997. The quantitative estimate of drug-likeness (QED) is 0.656. The third-order valence-corrected chi connectivity index (χ3v) is 1.74. The highest BCUT2D eigenvalue weighted by Gasteiger charge is 2.30. The first-order valence-corrected chi connectivity index (χ1v) is 3.60. The van der Waals surface area contributed by atoms with Crippen LogP contribution in [0.3, 0.4) is 0 Å². The Morgan fingerprint density at radius 1 is 1.31 bits per heavy atom. The minimum atomic E-state index is -4.32. The monoisotopic (exact) mass is 187 g/mol. The molecule has 0 unspecified atom stereocenters. The van der Waals surface area contributed by atoms with Gasteiger partial charge in [-0.3, -0.25) is 0 Å². The molecule has 13 heavy (non-hydrogen) atoms. The standard InChI is InChI=1S/C8H7BF3O/c1-5-4-6(8(10,11)12)2-3-7(5)9-13/h2-4,13H,1H3. The number of rotatable bonds is 1. The predicted molar refractivity (Wildman–Crippen MR) is 43.8 cm³/mol. The molecule has 1 aromatic carbocycles. The molecule has 69 valence electrons. The third kappa shape index (κ3) is 2.24. The van der Waals surface area contributed by atoms with Crippen LogP contribution in [0.5, 0.6) is 0 Å². The van der Waals surface area contributed by atoms with Crippen LogP contribution in [-0.4, -0.2) is 12.5 Å². The first-order valence-electron chi connectivity index (χ1n) is 3.60. The Kier molecular flexibility index (Phi) is 2.66. The Bertz CT molecular complexity index is 309. The van der Waals surface area contributed by atoms with Crippen molar-refractivity contribution in [2.24, 2.45) is 0 Å². The summed E-state index contributed by atoms with van der Waals surface area (Å²) in [6.07, 6.45) is -4.32. The second-order valence-electron chi connectivity index (χ2n) is 2.70. The van der Waals surface area contributed by atoms with Crippen LogP contribution in [0.1, 0.15) is 11.1 Å². The van der Waals surface area contributed by atoms with Crippen LogP contribution >= 0.6 is 0 Å². The van der Waals surface area contributed by atoms with Crippen molar-refractivity contribution in [1.82, 2.24) is 0 Å². The second-order valence-corrected chi connectivity index (χ2v) is 2.70. The third-order valence-electron chi connectivity index (χ3n) is 1.74. The minimum Gasteiger partial charge on any atom is -0.450 e.